The first kappa shape index (κ1) is 21.1. The Morgan fingerprint density at radius 3 is 2.61 bits per heavy atom. The van der Waals surface area contributed by atoms with Gasteiger partial charge >= 0.3 is 0 Å². The molecule has 0 fully saturated rings. The molecule has 31 heavy (non-hydrogen) atoms. The van der Waals surface area contributed by atoms with Gasteiger partial charge in [0.15, 0.2) is 0 Å². The third kappa shape index (κ3) is 5.32. The van der Waals surface area contributed by atoms with Crippen molar-refractivity contribution in [2.75, 3.05) is 11.9 Å². The molecule has 1 heterocycles. The molecule has 0 aliphatic heterocycles. The van der Waals surface area contributed by atoms with Crippen molar-refractivity contribution in [2.45, 2.75) is 51.9 Å². The van der Waals surface area contributed by atoms with Gasteiger partial charge in [0.1, 0.15) is 5.82 Å². The van der Waals surface area contributed by atoms with E-state index >= 15 is 0 Å². The molecule has 0 bridgehead atoms. The standard InChI is InChI=1S/C27H31N3O/c1-19(2)21-12-14-22(15-13-21)29-26-18-24(23-10-6-7-11-25(23)30-26)27(31)28-17-16-20-8-4-3-5-9-20/h6-8,10-15,18-19H,3-5,9,16-17H2,1-2H3,(H,28,31)(H,29,30). The highest BCUT2D eigenvalue weighted by molar-refractivity contribution is 6.07. The first-order valence-corrected chi connectivity index (χ1v) is 11.3. The van der Waals surface area contributed by atoms with E-state index in [1.54, 1.807) is 0 Å². The zero-order valence-corrected chi connectivity index (χ0v) is 18.4. The van der Waals surface area contributed by atoms with Crippen LogP contribution in [-0.2, 0) is 0 Å². The topological polar surface area (TPSA) is 54.0 Å². The van der Waals surface area contributed by atoms with Crippen LogP contribution in [0.2, 0.25) is 0 Å². The van der Waals surface area contributed by atoms with Gasteiger partial charge < -0.3 is 10.6 Å². The molecule has 1 aliphatic carbocycles. The number of fused-ring (bicyclic) bond motifs is 1. The maximum absolute atomic E-state index is 13.0. The van der Waals surface area contributed by atoms with E-state index in [4.69, 9.17) is 4.98 Å². The summed E-state index contributed by atoms with van der Waals surface area (Å²) in [5.74, 6) is 1.12. The Bertz CT molecular complexity index is 1080. The van der Waals surface area contributed by atoms with E-state index in [-0.39, 0.29) is 5.91 Å². The maximum atomic E-state index is 13.0. The molecule has 1 aliphatic rings. The van der Waals surface area contributed by atoms with Crippen molar-refractivity contribution in [2.24, 2.45) is 0 Å². The second kappa shape index (κ2) is 9.78. The molecule has 0 spiro atoms. The number of hydrogen-bond acceptors (Lipinski definition) is 3. The van der Waals surface area contributed by atoms with Crippen molar-refractivity contribution in [1.29, 1.82) is 0 Å². The summed E-state index contributed by atoms with van der Waals surface area (Å²) in [7, 11) is 0. The Morgan fingerprint density at radius 1 is 1.06 bits per heavy atom. The third-order valence-corrected chi connectivity index (χ3v) is 5.93. The number of hydrogen-bond donors (Lipinski definition) is 2. The Morgan fingerprint density at radius 2 is 1.87 bits per heavy atom. The summed E-state index contributed by atoms with van der Waals surface area (Å²) in [5, 5.41) is 7.35. The molecular weight excluding hydrogens is 382 g/mol. The van der Waals surface area contributed by atoms with Crippen LogP contribution in [0.4, 0.5) is 11.5 Å². The lowest BCUT2D eigenvalue weighted by Crippen LogP contribution is -2.25. The fourth-order valence-electron chi connectivity index (χ4n) is 4.09. The van der Waals surface area contributed by atoms with E-state index in [9.17, 15) is 4.79 Å². The molecule has 160 valence electrons. The number of nitrogens with zero attached hydrogens (tertiary/aromatic N) is 1. The van der Waals surface area contributed by atoms with Crippen LogP contribution < -0.4 is 10.6 Å². The summed E-state index contributed by atoms with van der Waals surface area (Å²) >= 11 is 0. The van der Waals surface area contributed by atoms with Crippen molar-refractivity contribution < 1.29 is 4.79 Å². The highest BCUT2D eigenvalue weighted by Crippen LogP contribution is 2.25. The van der Waals surface area contributed by atoms with Gasteiger partial charge in [0, 0.05) is 17.6 Å². The molecule has 2 N–H and O–H groups in total. The lowest BCUT2D eigenvalue weighted by molar-refractivity contribution is 0.0955. The second-order valence-electron chi connectivity index (χ2n) is 8.59. The van der Waals surface area contributed by atoms with Crippen molar-refractivity contribution in [3.63, 3.8) is 0 Å². The summed E-state index contributed by atoms with van der Waals surface area (Å²) in [6.07, 6.45) is 8.16. The summed E-state index contributed by atoms with van der Waals surface area (Å²) < 4.78 is 0. The minimum absolute atomic E-state index is 0.0479. The molecule has 4 heteroatoms. The van der Waals surface area contributed by atoms with Crippen LogP contribution in [0.5, 0.6) is 0 Å². The van der Waals surface area contributed by atoms with Gasteiger partial charge in [-0.25, -0.2) is 4.98 Å². The van der Waals surface area contributed by atoms with Gasteiger partial charge in [-0.2, -0.15) is 0 Å². The number of carbonyl (C=O) groups excluding carboxylic acids is 1. The molecule has 4 rings (SSSR count). The number of pyridine rings is 1. The van der Waals surface area contributed by atoms with E-state index < -0.39 is 0 Å². The molecule has 0 saturated carbocycles. The van der Waals surface area contributed by atoms with Gasteiger partial charge in [0.05, 0.1) is 11.1 Å². The van der Waals surface area contributed by atoms with E-state index in [0.29, 0.717) is 23.8 Å². The summed E-state index contributed by atoms with van der Waals surface area (Å²) in [6, 6.07) is 18.0. The van der Waals surface area contributed by atoms with E-state index in [0.717, 1.165) is 29.4 Å². The highest BCUT2D eigenvalue weighted by Gasteiger charge is 2.13. The molecule has 0 radical (unpaired) electrons. The Labute approximate surface area is 184 Å². The fraction of sp³-hybridized carbons (Fsp3) is 0.333. The fourth-order valence-corrected chi connectivity index (χ4v) is 4.09. The second-order valence-corrected chi connectivity index (χ2v) is 8.59. The third-order valence-electron chi connectivity index (χ3n) is 5.93. The average Bonchev–Trinajstić information content (AvgIpc) is 2.79. The Balaban J connectivity index is 1.52. The lowest BCUT2D eigenvalue weighted by Gasteiger charge is -2.14. The lowest BCUT2D eigenvalue weighted by atomic mass is 9.97. The highest BCUT2D eigenvalue weighted by atomic mass is 16.1. The number of carbonyl (C=O) groups is 1. The number of anilines is 2. The number of benzene rings is 2. The molecule has 0 unspecified atom stereocenters. The number of amides is 1. The first-order valence-electron chi connectivity index (χ1n) is 11.3. The largest absolute Gasteiger partial charge is 0.352 e. The average molecular weight is 414 g/mol. The van der Waals surface area contributed by atoms with Crippen molar-refractivity contribution in [3.8, 4) is 0 Å². The number of aromatic nitrogens is 1. The van der Waals surface area contributed by atoms with Crippen LogP contribution >= 0.6 is 0 Å². The summed E-state index contributed by atoms with van der Waals surface area (Å²) in [5.41, 5.74) is 5.20. The molecule has 2 aromatic carbocycles. The predicted octanol–water partition coefficient (Wildman–Crippen LogP) is 6.72. The SMILES string of the molecule is CC(C)c1ccc(Nc2cc(C(=O)NCCC3=CCCCC3)c3ccccc3n2)cc1. The minimum atomic E-state index is -0.0479. The number of allylic oxidation sites excluding steroid dienone is 1. The number of nitrogens with one attached hydrogen (secondary N) is 2. The van der Waals surface area contributed by atoms with Crippen LogP contribution in [0.25, 0.3) is 10.9 Å². The Hall–Kier alpha value is -3.14. The van der Waals surface area contributed by atoms with Crippen LogP contribution in [0.3, 0.4) is 0 Å². The quantitative estimate of drug-likeness (QED) is 0.423. The summed E-state index contributed by atoms with van der Waals surface area (Å²) in [6.45, 7) is 5.03. The van der Waals surface area contributed by atoms with Gasteiger partial charge in [0.25, 0.3) is 5.91 Å². The molecular formula is C27H31N3O. The van der Waals surface area contributed by atoms with Crippen molar-refractivity contribution in [1.82, 2.24) is 10.3 Å². The maximum Gasteiger partial charge on any atom is 0.252 e. The molecule has 1 aromatic heterocycles. The first-order chi connectivity index (χ1) is 15.1. The smallest absolute Gasteiger partial charge is 0.252 e. The zero-order chi connectivity index (χ0) is 21.6. The van der Waals surface area contributed by atoms with Crippen LogP contribution in [-0.4, -0.2) is 17.4 Å². The van der Waals surface area contributed by atoms with Crippen LogP contribution in [0.1, 0.15) is 67.8 Å². The van der Waals surface area contributed by atoms with Gasteiger partial charge in [-0.05, 0) is 67.9 Å². The zero-order valence-electron chi connectivity index (χ0n) is 18.4. The molecule has 0 atom stereocenters. The predicted molar refractivity (Wildman–Crippen MR) is 129 cm³/mol. The van der Waals surface area contributed by atoms with Crippen LogP contribution in [0, 0.1) is 0 Å². The molecule has 4 nitrogen and oxygen atoms in total. The molecule has 1 amide bonds. The van der Waals surface area contributed by atoms with E-state index in [1.807, 2.05) is 30.3 Å². The van der Waals surface area contributed by atoms with Gasteiger partial charge in [-0.15, -0.1) is 0 Å². The van der Waals surface area contributed by atoms with Crippen molar-refractivity contribution in [3.05, 3.63) is 77.4 Å². The minimum Gasteiger partial charge on any atom is -0.352 e. The number of rotatable bonds is 7. The van der Waals surface area contributed by atoms with Crippen molar-refractivity contribution >= 4 is 28.3 Å². The van der Waals surface area contributed by atoms with Crippen LogP contribution in [0.15, 0.2) is 66.2 Å². The molecule has 3 aromatic rings. The summed E-state index contributed by atoms with van der Waals surface area (Å²) in [4.78, 5) is 17.8. The van der Waals surface area contributed by atoms with E-state index in [1.165, 1.54) is 30.4 Å². The monoisotopic (exact) mass is 413 g/mol. The van der Waals surface area contributed by atoms with Gasteiger partial charge in [-0.1, -0.05) is 55.8 Å². The normalized spacial score (nSPS) is 13.8. The van der Waals surface area contributed by atoms with Gasteiger partial charge in [0.2, 0.25) is 0 Å². The number of para-hydroxylation sites is 1. The van der Waals surface area contributed by atoms with E-state index in [2.05, 4.69) is 54.8 Å². The Kier molecular flexibility index (Phi) is 6.66. The van der Waals surface area contributed by atoms with Gasteiger partial charge in [-0.3, -0.25) is 4.79 Å². The molecule has 0 saturated heterocycles.